The van der Waals surface area contributed by atoms with E-state index < -0.39 is 0 Å². The lowest BCUT2D eigenvalue weighted by Gasteiger charge is -2.09. The highest BCUT2D eigenvalue weighted by atomic mass is 16.3. The molecule has 142 valence electrons. The van der Waals surface area contributed by atoms with Crippen LogP contribution in [0.3, 0.4) is 0 Å². The summed E-state index contributed by atoms with van der Waals surface area (Å²) in [4.78, 5) is 9.52. The molecule has 0 atom stereocenters. The molecule has 3 aromatic heterocycles. The monoisotopic (exact) mass is 373 g/mol. The number of hydrogen-bond acceptors (Lipinski definition) is 5. The van der Waals surface area contributed by atoms with Crippen LogP contribution in [-0.4, -0.2) is 19.7 Å². The zero-order chi connectivity index (χ0) is 19.5. The zero-order valence-corrected chi connectivity index (χ0v) is 16.3. The molecule has 0 fully saturated rings. The van der Waals surface area contributed by atoms with Gasteiger partial charge < -0.3 is 9.73 Å². The highest BCUT2D eigenvalue weighted by Crippen LogP contribution is 2.27. The van der Waals surface area contributed by atoms with Crippen molar-refractivity contribution in [1.29, 1.82) is 0 Å². The standard InChI is InChI=1S/C22H23N5O/c1-4-7-18-20-21(27(3)26-18)22(23-16-9-5-8-15(2)14-16)25-19(24-20)12-11-17-10-6-13-28-17/h5-6,8-14H,4,7H2,1-3H3,(H,23,24,25)/b12-11+. The highest BCUT2D eigenvalue weighted by molar-refractivity contribution is 5.90. The van der Waals surface area contributed by atoms with Gasteiger partial charge in [0.25, 0.3) is 0 Å². The van der Waals surface area contributed by atoms with E-state index in [1.807, 2.05) is 48.1 Å². The molecule has 0 saturated heterocycles. The van der Waals surface area contributed by atoms with Crippen LogP contribution in [0.1, 0.15) is 36.2 Å². The summed E-state index contributed by atoms with van der Waals surface area (Å²) >= 11 is 0. The van der Waals surface area contributed by atoms with Gasteiger partial charge in [-0.25, -0.2) is 9.97 Å². The first-order chi connectivity index (χ1) is 13.6. The average Bonchev–Trinajstić information content (AvgIpc) is 3.29. The van der Waals surface area contributed by atoms with Gasteiger partial charge in [-0.15, -0.1) is 0 Å². The molecule has 0 aliphatic carbocycles. The highest BCUT2D eigenvalue weighted by Gasteiger charge is 2.16. The first-order valence-electron chi connectivity index (χ1n) is 9.43. The first-order valence-corrected chi connectivity index (χ1v) is 9.43. The van der Waals surface area contributed by atoms with Gasteiger partial charge in [-0.1, -0.05) is 25.5 Å². The molecular weight excluding hydrogens is 350 g/mol. The summed E-state index contributed by atoms with van der Waals surface area (Å²) in [5.74, 6) is 2.12. The predicted molar refractivity (Wildman–Crippen MR) is 112 cm³/mol. The van der Waals surface area contributed by atoms with Gasteiger partial charge in [0.05, 0.1) is 12.0 Å². The molecule has 0 aliphatic rings. The van der Waals surface area contributed by atoms with Gasteiger partial charge in [0.1, 0.15) is 16.8 Å². The molecule has 0 bridgehead atoms. The number of aryl methyl sites for hydroxylation is 3. The molecule has 6 heteroatoms. The summed E-state index contributed by atoms with van der Waals surface area (Å²) < 4.78 is 7.23. The minimum Gasteiger partial charge on any atom is -0.465 e. The van der Waals surface area contributed by atoms with Crippen molar-refractivity contribution in [2.24, 2.45) is 7.05 Å². The van der Waals surface area contributed by atoms with E-state index in [0.717, 1.165) is 46.8 Å². The molecule has 0 unspecified atom stereocenters. The molecule has 4 rings (SSSR count). The number of furan rings is 1. The van der Waals surface area contributed by atoms with Crippen LogP contribution >= 0.6 is 0 Å². The first kappa shape index (κ1) is 18.0. The van der Waals surface area contributed by atoms with Crippen molar-refractivity contribution >= 4 is 34.7 Å². The van der Waals surface area contributed by atoms with Gasteiger partial charge in [0.2, 0.25) is 0 Å². The lowest BCUT2D eigenvalue weighted by molar-refractivity contribution is 0.557. The molecule has 0 radical (unpaired) electrons. The summed E-state index contributed by atoms with van der Waals surface area (Å²) in [6.45, 7) is 4.22. The number of aromatic nitrogens is 4. The molecule has 4 aromatic rings. The van der Waals surface area contributed by atoms with E-state index in [1.54, 1.807) is 6.26 Å². The number of nitrogens with one attached hydrogen (secondary N) is 1. The fraction of sp³-hybridized carbons (Fsp3) is 0.227. The molecule has 1 N–H and O–H groups in total. The van der Waals surface area contributed by atoms with Crippen LogP contribution in [0.4, 0.5) is 11.5 Å². The van der Waals surface area contributed by atoms with Crippen LogP contribution in [0, 0.1) is 6.92 Å². The molecule has 1 aromatic carbocycles. The largest absolute Gasteiger partial charge is 0.465 e. The summed E-state index contributed by atoms with van der Waals surface area (Å²) in [5, 5.41) is 8.13. The molecule has 3 heterocycles. The van der Waals surface area contributed by atoms with Crippen LogP contribution in [-0.2, 0) is 13.5 Å². The Morgan fingerprint density at radius 1 is 1.14 bits per heavy atom. The van der Waals surface area contributed by atoms with E-state index in [9.17, 15) is 0 Å². The van der Waals surface area contributed by atoms with Crippen LogP contribution in [0.25, 0.3) is 23.2 Å². The predicted octanol–water partition coefficient (Wildman–Crippen LogP) is 5.13. The van der Waals surface area contributed by atoms with E-state index >= 15 is 0 Å². The SMILES string of the molecule is CCCc1nn(C)c2c(Nc3cccc(C)c3)nc(/C=C/c3ccco3)nc12. The molecule has 6 nitrogen and oxygen atoms in total. The second-order valence-electron chi connectivity index (χ2n) is 6.79. The van der Waals surface area contributed by atoms with Crippen LogP contribution < -0.4 is 5.32 Å². The Bertz CT molecular complexity index is 1130. The van der Waals surface area contributed by atoms with Crippen molar-refractivity contribution in [2.75, 3.05) is 5.32 Å². The van der Waals surface area contributed by atoms with Crippen molar-refractivity contribution in [3.05, 3.63) is 65.5 Å². The topological polar surface area (TPSA) is 68.8 Å². The van der Waals surface area contributed by atoms with E-state index in [0.29, 0.717) is 5.82 Å². The maximum atomic E-state index is 5.37. The van der Waals surface area contributed by atoms with Gasteiger partial charge in [0.15, 0.2) is 11.6 Å². The lowest BCUT2D eigenvalue weighted by Crippen LogP contribution is -2.02. The number of benzene rings is 1. The number of nitrogens with zero attached hydrogens (tertiary/aromatic N) is 4. The normalized spacial score (nSPS) is 11.5. The van der Waals surface area contributed by atoms with Crippen molar-refractivity contribution in [3.8, 4) is 0 Å². The molecule has 0 amide bonds. The van der Waals surface area contributed by atoms with Gasteiger partial charge in [0, 0.05) is 12.7 Å². The lowest BCUT2D eigenvalue weighted by atomic mass is 10.2. The maximum Gasteiger partial charge on any atom is 0.160 e. The van der Waals surface area contributed by atoms with Crippen LogP contribution in [0.5, 0.6) is 0 Å². The minimum atomic E-state index is 0.615. The Labute approximate surface area is 163 Å². The number of anilines is 2. The summed E-state index contributed by atoms with van der Waals surface area (Å²) in [7, 11) is 1.94. The Morgan fingerprint density at radius 3 is 2.79 bits per heavy atom. The van der Waals surface area contributed by atoms with E-state index in [4.69, 9.17) is 14.4 Å². The smallest absolute Gasteiger partial charge is 0.160 e. The second-order valence-corrected chi connectivity index (χ2v) is 6.79. The number of rotatable bonds is 6. The average molecular weight is 373 g/mol. The molecule has 0 saturated carbocycles. The molecule has 0 spiro atoms. The van der Waals surface area contributed by atoms with Crippen molar-refractivity contribution in [2.45, 2.75) is 26.7 Å². The Hall–Kier alpha value is -3.41. The van der Waals surface area contributed by atoms with Crippen LogP contribution in [0.2, 0.25) is 0 Å². The third kappa shape index (κ3) is 3.67. The maximum absolute atomic E-state index is 5.37. The summed E-state index contributed by atoms with van der Waals surface area (Å²) in [6.07, 6.45) is 7.26. The quantitative estimate of drug-likeness (QED) is 0.507. The molecular formula is C22H23N5O. The zero-order valence-electron chi connectivity index (χ0n) is 16.3. The number of fused-ring (bicyclic) bond motifs is 1. The van der Waals surface area contributed by atoms with E-state index in [-0.39, 0.29) is 0 Å². The molecule has 0 aliphatic heterocycles. The third-order valence-corrected chi connectivity index (χ3v) is 4.48. The second kappa shape index (κ2) is 7.68. The van der Waals surface area contributed by atoms with Crippen molar-refractivity contribution < 1.29 is 4.42 Å². The third-order valence-electron chi connectivity index (χ3n) is 4.48. The summed E-state index contributed by atoms with van der Waals surface area (Å²) in [6, 6.07) is 12.0. The van der Waals surface area contributed by atoms with Gasteiger partial charge in [-0.2, -0.15) is 5.10 Å². The van der Waals surface area contributed by atoms with Crippen LogP contribution in [0.15, 0.2) is 47.1 Å². The Balaban J connectivity index is 1.82. The van der Waals surface area contributed by atoms with Gasteiger partial charge >= 0.3 is 0 Å². The molecule has 28 heavy (non-hydrogen) atoms. The Morgan fingerprint density at radius 2 is 2.04 bits per heavy atom. The van der Waals surface area contributed by atoms with Crippen molar-refractivity contribution in [3.63, 3.8) is 0 Å². The van der Waals surface area contributed by atoms with E-state index in [1.165, 1.54) is 5.56 Å². The van der Waals surface area contributed by atoms with Gasteiger partial charge in [-0.05, 0) is 55.3 Å². The fourth-order valence-corrected chi connectivity index (χ4v) is 3.23. The number of hydrogen-bond donors (Lipinski definition) is 1. The van der Waals surface area contributed by atoms with Gasteiger partial charge in [-0.3, -0.25) is 4.68 Å². The van der Waals surface area contributed by atoms with Crippen molar-refractivity contribution in [1.82, 2.24) is 19.7 Å². The fourth-order valence-electron chi connectivity index (χ4n) is 3.23. The minimum absolute atomic E-state index is 0.615. The summed E-state index contributed by atoms with van der Waals surface area (Å²) in [5.41, 5.74) is 4.94. The van der Waals surface area contributed by atoms with E-state index in [2.05, 4.69) is 36.4 Å². The Kier molecular flexibility index (Phi) is 4.93.